The Bertz CT molecular complexity index is 388. The summed E-state index contributed by atoms with van der Waals surface area (Å²) in [6.45, 7) is 2.26. The van der Waals surface area contributed by atoms with E-state index in [0.717, 1.165) is 30.5 Å². The fourth-order valence-electron chi connectivity index (χ4n) is 2.20. The van der Waals surface area contributed by atoms with Crippen molar-refractivity contribution in [1.82, 2.24) is 4.98 Å². The van der Waals surface area contributed by atoms with E-state index in [0.29, 0.717) is 12.2 Å². The minimum atomic E-state index is -0.206. The SMILES string of the molecule is CCOC(=O)c1ccnc2c1CCCCC2. The summed E-state index contributed by atoms with van der Waals surface area (Å²) in [6.07, 6.45) is 7.20. The molecule has 0 spiro atoms. The normalized spacial score (nSPS) is 15.1. The molecule has 1 aromatic heterocycles. The Kier molecular flexibility index (Phi) is 3.54. The van der Waals surface area contributed by atoms with Gasteiger partial charge in [-0.05, 0) is 44.2 Å². The van der Waals surface area contributed by atoms with Crippen LogP contribution in [-0.4, -0.2) is 17.6 Å². The zero-order chi connectivity index (χ0) is 11.4. The van der Waals surface area contributed by atoms with E-state index in [1.165, 1.54) is 12.8 Å². The molecule has 0 aromatic carbocycles. The molecule has 3 nitrogen and oxygen atoms in total. The molecule has 1 aromatic rings. The van der Waals surface area contributed by atoms with Gasteiger partial charge in [-0.1, -0.05) is 6.42 Å². The molecule has 0 N–H and O–H groups in total. The first-order chi connectivity index (χ1) is 7.83. The van der Waals surface area contributed by atoms with Crippen molar-refractivity contribution in [2.45, 2.75) is 39.0 Å². The van der Waals surface area contributed by atoms with Crippen molar-refractivity contribution in [1.29, 1.82) is 0 Å². The quantitative estimate of drug-likeness (QED) is 0.566. The van der Waals surface area contributed by atoms with Crippen LogP contribution in [0.4, 0.5) is 0 Å². The Morgan fingerprint density at radius 1 is 1.38 bits per heavy atom. The van der Waals surface area contributed by atoms with E-state index < -0.39 is 0 Å². The monoisotopic (exact) mass is 219 g/mol. The number of aromatic nitrogens is 1. The van der Waals surface area contributed by atoms with Crippen LogP contribution < -0.4 is 0 Å². The van der Waals surface area contributed by atoms with Crippen molar-refractivity contribution in [3.63, 3.8) is 0 Å². The third kappa shape index (κ3) is 2.23. The maximum atomic E-state index is 11.8. The molecule has 1 aliphatic rings. The van der Waals surface area contributed by atoms with Crippen LogP contribution >= 0.6 is 0 Å². The number of rotatable bonds is 2. The first kappa shape index (κ1) is 11.1. The van der Waals surface area contributed by atoms with Gasteiger partial charge in [-0.25, -0.2) is 4.79 Å². The summed E-state index contributed by atoms with van der Waals surface area (Å²) in [5.74, 6) is -0.206. The second kappa shape index (κ2) is 5.10. The summed E-state index contributed by atoms with van der Waals surface area (Å²) in [5.41, 5.74) is 2.91. The average Bonchev–Trinajstić information content (AvgIpc) is 2.53. The number of esters is 1. The predicted octanol–water partition coefficient (Wildman–Crippen LogP) is 2.53. The lowest BCUT2D eigenvalue weighted by atomic mass is 10.0. The third-order valence-electron chi connectivity index (χ3n) is 2.98. The number of carbonyl (C=O) groups excluding carboxylic acids is 1. The van der Waals surface area contributed by atoms with Gasteiger partial charge in [-0.2, -0.15) is 0 Å². The lowest BCUT2D eigenvalue weighted by molar-refractivity contribution is 0.0524. The predicted molar refractivity (Wildman–Crippen MR) is 61.5 cm³/mol. The molecule has 16 heavy (non-hydrogen) atoms. The second-order valence-corrected chi connectivity index (χ2v) is 4.06. The average molecular weight is 219 g/mol. The van der Waals surface area contributed by atoms with Crippen LogP contribution in [0.1, 0.15) is 47.8 Å². The van der Waals surface area contributed by atoms with Gasteiger partial charge in [-0.15, -0.1) is 0 Å². The number of nitrogens with zero attached hydrogens (tertiary/aromatic N) is 1. The summed E-state index contributed by atoms with van der Waals surface area (Å²) in [7, 11) is 0. The molecule has 86 valence electrons. The largest absolute Gasteiger partial charge is 0.462 e. The fourth-order valence-corrected chi connectivity index (χ4v) is 2.20. The molecular weight excluding hydrogens is 202 g/mol. The van der Waals surface area contributed by atoms with Gasteiger partial charge in [0.15, 0.2) is 0 Å². The lowest BCUT2D eigenvalue weighted by Crippen LogP contribution is -2.10. The van der Waals surface area contributed by atoms with Gasteiger partial charge >= 0.3 is 5.97 Å². The zero-order valence-electron chi connectivity index (χ0n) is 9.66. The number of hydrogen-bond donors (Lipinski definition) is 0. The lowest BCUT2D eigenvalue weighted by Gasteiger charge is -2.10. The van der Waals surface area contributed by atoms with Gasteiger partial charge in [0.2, 0.25) is 0 Å². The van der Waals surface area contributed by atoms with E-state index in [9.17, 15) is 4.79 Å². The summed E-state index contributed by atoms with van der Waals surface area (Å²) in [5, 5.41) is 0. The van der Waals surface area contributed by atoms with Gasteiger partial charge in [0.25, 0.3) is 0 Å². The Hall–Kier alpha value is -1.38. The number of fused-ring (bicyclic) bond motifs is 1. The van der Waals surface area contributed by atoms with Crippen molar-refractivity contribution in [3.05, 3.63) is 29.1 Å². The topological polar surface area (TPSA) is 39.2 Å². The van der Waals surface area contributed by atoms with Crippen molar-refractivity contribution in [2.75, 3.05) is 6.61 Å². The van der Waals surface area contributed by atoms with Gasteiger partial charge in [0.1, 0.15) is 0 Å². The molecule has 0 saturated heterocycles. The van der Waals surface area contributed by atoms with Crippen molar-refractivity contribution < 1.29 is 9.53 Å². The van der Waals surface area contributed by atoms with E-state index in [2.05, 4.69) is 4.98 Å². The zero-order valence-corrected chi connectivity index (χ0v) is 9.66. The molecule has 0 atom stereocenters. The van der Waals surface area contributed by atoms with Gasteiger partial charge < -0.3 is 4.74 Å². The van der Waals surface area contributed by atoms with Gasteiger partial charge in [0.05, 0.1) is 12.2 Å². The molecule has 0 fully saturated rings. The van der Waals surface area contributed by atoms with Crippen LogP contribution in [0, 0.1) is 0 Å². The van der Waals surface area contributed by atoms with Crippen LogP contribution in [-0.2, 0) is 17.6 Å². The molecular formula is C13H17NO2. The molecule has 1 heterocycles. The molecule has 0 unspecified atom stereocenters. The number of ether oxygens (including phenoxy) is 1. The first-order valence-corrected chi connectivity index (χ1v) is 5.96. The highest BCUT2D eigenvalue weighted by molar-refractivity contribution is 5.91. The Balaban J connectivity index is 2.34. The highest BCUT2D eigenvalue weighted by Crippen LogP contribution is 2.22. The van der Waals surface area contributed by atoms with Crippen molar-refractivity contribution >= 4 is 5.97 Å². The summed E-state index contributed by atoms with van der Waals surface area (Å²) < 4.78 is 5.07. The van der Waals surface area contributed by atoms with Crippen LogP contribution in [0.5, 0.6) is 0 Å². The minimum Gasteiger partial charge on any atom is -0.462 e. The molecule has 0 bridgehead atoms. The molecule has 0 radical (unpaired) electrons. The summed E-state index contributed by atoms with van der Waals surface area (Å²) in [4.78, 5) is 16.2. The fraction of sp³-hybridized carbons (Fsp3) is 0.538. The van der Waals surface area contributed by atoms with Gasteiger partial charge in [-0.3, -0.25) is 4.98 Å². The maximum Gasteiger partial charge on any atom is 0.338 e. The smallest absolute Gasteiger partial charge is 0.338 e. The van der Waals surface area contributed by atoms with Gasteiger partial charge in [0, 0.05) is 11.9 Å². The second-order valence-electron chi connectivity index (χ2n) is 4.06. The third-order valence-corrected chi connectivity index (χ3v) is 2.98. The number of pyridine rings is 1. The van der Waals surface area contributed by atoms with Crippen LogP contribution in [0.3, 0.4) is 0 Å². The van der Waals surface area contributed by atoms with E-state index >= 15 is 0 Å². The van der Waals surface area contributed by atoms with E-state index in [1.807, 2.05) is 6.92 Å². The Labute approximate surface area is 95.8 Å². The van der Waals surface area contributed by atoms with E-state index in [-0.39, 0.29) is 5.97 Å². The van der Waals surface area contributed by atoms with Crippen molar-refractivity contribution in [2.24, 2.45) is 0 Å². The van der Waals surface area contributed by atoms with Crippen molar-refractivity contribution in [3.8, 4) is 0 Å². The highest BCUT2D eigenvalue weighted by atomic mass is 16.5. The molecule has 3 heteroatoms. The molecule has 0 aliphatic heterocycles. The number of carbonyl (C=O) groups is 1. The summed E-state index contributed by atoms with van der Waals surface area (Å²) >= 11 is 0. The molecule has 2 rings (SSSR count). The first-order valence-electron chi connectivity index (χ1n) is 5.96. The number of hydrogen-bond acceptors (Lipinski definition) is 3. The summed E-state index contributed by atoms with van der Waals surface area (Å²) in [6, 6.07) is 1.78. The number of aryl methyl sites for hydroxylation is 1. The van der Waals surface area contributed by atoms with Crippen LogP contribution in [0.25, 0.3) is 0 Å². The van der Waals surface area contributed by atoms with E-state index in [1.54, 1.807) is 12.3 Å². The highest BCUT2D eigenvalue weighted by Gasteiger charge is 2.18. The standard InChI is InChI=1S/C13H17NO2/c1-2-16-13(15)11-8-9-14-12-7-5-3-4-6-10(11)12/h8-9H,2-7H2,1H3. The van der Waals surface area contributed by atoms with Crippen LogP contribution in [0.2, 0.25) is 0 Å². The Morgan fingerprint density at radius 2 is 2.19 bits per heavy atom. The molecule has 1 aliphatic carbocycles. The maximum absolute atomic E-state index is 11.8. The molecule has 0 amide bonds. The van der Waals surface area contributed by atoms with Crippen LogP contribution in [0.15, 0.2) is 12.3 Å². The van der Waals surface area contributed by atoms with E-state index in [4.69, 9.17) is 4.74 Å². The molecule has 0 saturated carbocycles. The Morgan fingerprint density at radius 3 is 3.00 bits per heavy atom. The minimum absolute atomic E-state index is 0.206.